The van der Waals surface area contributed by atoms with E-state index in [2.05, 4.69) is 9.89 Å². The molecule has 0 aromatic rings. The van der Waals surface area contributed by atoms with E-state index < -0.39 is 0 Å². The van der Waals surface area contributed by atoms with Crippen LogP contribution in [-0.4, -0.2) is 30.9 Å². The van der Waals surface area contributed by atoms with E-state index >= 15 is 0 Å². The lowest BCUT2D eigenvalue weighted by atomic mass is 10.5. The number of rotatable bonds is 2. The van der Waals surface area contributed by atoms with Gasteiger partial charge in [-0.15, -0.1) is 0 Å². The molecule has 0 spiro atoms. The molecule has 1 heterocycles. The van der Waals surface area contributed by atoms with E-state index in [0.29, 0.717) is 0 Å². The number of hydrogen-bond donors (Lipinski definition) is 0. The Balaban J connectivity index is 2.25. The maximum absolute atomic E-state index is 5.18. The molecule has 0 saturated heterocycles. The third-order valence-corrected chi connectivity index (χ3v) is 1.10. The highest BCUT2D eigenvalue weighted by atomic mass is 15.2. The zero-order valence-electron chi connectivity index (χ0n) is 4.75. The van der Waals surface area contributed by atoms with Gasteiger partial charge in [0.15, 0.2) is 0 Å². The van der Waals surface area contributed by atoms with Crippen LogP contribution in [0, 0.1) is 6.58 Å². The lowest BCUT2D eigenvalue weighted by Crippen LogP contribution is -2.18. The topological polar surface area (TPSA) is 15.6 Å². The van der Waals surface area contributed by atoms with Crippen LogP contribution < -0.4 is 0 Å². The van der Waals surface area contributed by atoms with Crippen LogP contribution in [-0.2, 0) is 0 Å². The highest BCUT2D eigenvalue weighted by Crippen LogP contribution is 1.90. The minimum absolute atomic E-state index is 0.823. The van der Waals surface area contributed by atoms with Gasteiger partial charge in [-0.25, -0.2) is 0 Å². The number of hydrogen-bond acceptors (Lipinski definition) is 2. The summed E-state index contributed by atoms with van der Waals surface area (Å²) in [5, 5.41) is 0. The van der Waals surface area contributed by atoms with Crippen LogP contribution in [0.1, 0.15) is 0 Å². The van der Waals surface area contributed by atoms with E-state index in [4.69, 9.17) is 6.58 Å². The first kappa shape index (κ1) is 5.35. The molecular formula is C6H9N2. The molecule has 0 fully saturated rings. The van der Waals surface area contributed by atoms with Crippen LogP contribution in [0.15, 0.2) is 11.1 Å². The molecule has 1 rings (SSSR count). The van der Waals surface area contributed by atoms with E-state index in [1.165, 1.54) is 0 Å². The van der Waals surface area contributed by atoms with Crippen LogP contribution in [0.25, 0.3) is 0 Å². The van der Waals surface area contributed by atoms with Crippen molar-refractivity contribution in [1.29, 1.82) is 0 Å². The van der Waals surface area contributed by atoms with E-state index in [9.17, 15) is 0 Å². The molecule has 0 aromatic heterocycles. The maximum Gasteiger partial charge on any atom is 0.0854 e. The van der Waals surface area contributed by atoms with Gasteiger partial charge < -0.3 is 4.90 Å². The third kappa shape index (κ3) is 1.09. The van der Waals surface area contributed by atoms with Gasteiger partial charge in [0, 0.05) is 13.1 Å². The van der Waals surface area contributed by atoms with E-state index in [-0.39, 0.29) is 0 Å². The van der Waals surface area contributed by atoms with Crippen molar-refractivity contribution in [3.63, 3.8) is 0 Å². The van der Waals surface area contributed by atoms with Crippen molar-refractivity contribution in [2.24, 2.45) is 4.99 Å². The zero-order chi connectivity index (χ0) is 5.82. The summed E-state index contributed by atoms with van der Waals surface area (Å²) in [5.74, 6) is 0. The molecule has 1 aliphatic heterocycles. The van der Waals surface area contributed by atoms with Crippen LogP contribution in [0.5, 0.6) is 0 Å². The van der Waals surface area contributed by atoms with E-state index in [0.717, 1.165) is 19.6 Å². The first-order valence-corrected chi connectivity index (χ1v) is 2.71. The van der Waals surface area contributed by atoms with Gasteiger partial charge in [0.1, 0.15) is 0 Å². The number of aliphatic imine (C=N–C) groups is 1. The van der Waals surface area contributed by atoms with Gasteiger partial charge in [-0.05, 0) is 0 Å². The average Bonchev–Trinajstić information content (AvgIpc) is 2.19. The van der Waals surface area contributed by atoms with Gasteiger partial charge in [0.2, 0.25) is 0 Å². The molecule has 43 valence electrons. The van der Waals surface area contributed by atoms with Crippen molar-refractivity contribution >= 4 is 6.34 Å². The monoisotopic (exact) mass is 109 g/mol. The third-order valence-electron chi connectivity index (χ3n) is 1.10. The first-order valence-electron chi connectivity index (χ1n) is 2.71. The summed E-state index contributed by atoms with van der Waals surface area (Å²) < 4.78 is 0. The van der Waals surface area contributed by atoms with Gasteiger partial charge in [-0.3, -0.25) is 4.99 Å². The molecule has 0 bridgehead atoms. The molecule has 0 amide bonds. The van der Waals surface area contributed by atoms with Crippen molar-refractivity contribution < 1.29 is 0 Å². The van der Waals surface area contributed by atoms with Crippen molar-refractivity contribution in [1.82, 2.24) is 4.90 Å². The highest BCUT2D eigenvalue weighted by Gasteiger charge is 1.99. The Hall–Kier alpha value is -0.790. The minimum atomic E-state index is 0.823. The van der Waals surface area contributed by atoms with Crippen LogP contribution in [0.4, 0.5) is 0 Å². The van der Waals surface area contributed by atoms with Gasteiger partial charge in [0.05, 0.1) is 12.9 Å². The summed E-state index contributed by atoms with van der Waals surface area (Å²) in [6, 6.07) is 0. The Morgan fingerprint density at radius 2 is 2.75 bits per heavy atom. The second kappa shape index (κ2) is 2.50. The Kier molecular flexibility index (Phi) is 1.67. The molecule has 8 heavy (non-hydrogen) atoms. The molecule has 0 saturated carbocycles. The summed E-state index contributed by atoms with van der Waals surface area (Å²) in [7, 11) is 0. The zero-order valence-corrected chi connectivity index (χ0v) is 4.75. The molecule has 2 heteroatoms. The molecule has 0 atom stereocenters. The van der Waals surface area contributed by atoms with Crippen LogP contribution in [0.3, 0.4) is 0 Å². The lowest BCUT2D eigenvalue weighted by molar-refractivity contribution is 0.519. The van der Waals surface area contributed by atoms with Crippen molar-refractivity contribution in [2.45, 2.75) is 0 Å². The lowest BCUT2D eigenvalue weighted by Gasteiger charge is -2.08. The maximum atomic E-state index is 5.18. The molecule has 0 aromatic carbocycles. The molecule has 0 unspecified atom stereocenters. The molecule has 1 aliphatic rings. The summed E-state index contributed by atoms with van der Waals surface area (Å²) in [5.41, 5.74) is 0. The molecule has 2 nitrogen and oxygen atoms in total. The quantitative estimate of drug-likeness (QED) is 0.498. The second-order valence-corrected chi connectivity index (χ2v) is 1.75. The van der Waals surface area contributed by atoms with Gasteiger partial charge >= 0.3 is 0 Å². The van der Waals surface area contributed by atoms with E-state index in [1.807, 2.05) is 6.34 Å². The van der Waals surface area contributed by atoms with Crippen molar-refractivity contribution in [3.8, 4) is 0 Å². The van der Waals surface area contributed by atoms with Gasteiger partial charge in [-0.1, -0.05) is 12.7 Å². The summed E-state index contributed by atoms with van der Waals surface area (Å²) in [6.07, 6.45) is 3.47. The van der Waals surface area contributed by atoms with Crippen LogP contribution in [0.2, 0.25) is 0 Å². The van der Waals surface area contributed by atoms with Crippen LogP contribution >= 0.6 is 0 Å². The summed E-state index contributed by atoms with van der Waals surface area (Å²) in [4.78, 5) is 6.08. The fraction of sp³-hybridized carbons (Fsp3) is 0.500. The average molecular weight is 109 g/mol. The molecule has 0 N–H and O–H groups in total. The Morgan fingerprint density at radius 3 is 3.25 bits per heavy atom. The Morgan fingerprint density at radius 1 is 1.88 bits per heavy atom. The summed E-state index contributed by atoms with van der Waals surface area (Å²) >= 11 is 0. The molecule has 0 aliphatic carbocycles. The number of nitrogens with zero attached hydrogens (tertiary/aromatic N) is 2. The second-order valence-electron chi connectivity index (χ2n) is 1.75. The fourth-order valence-electron chi connectivity index (χ4n) is 0.691. The largest absolute Gasteiger partial charge is 0.357 e. The smallest absolute Gasteiger partial charge is 0.0854 e. The summed E-state index contributed by atoms with van der Waals surface area (Å²) in [6.45, 7) is 7.95. The Labute approximate surface area is 49.5 Å². The Bertz CT molecular complexity index is 107. The minimum Gasteiger partial charge on any atom is -0.357 e. The SMILES string of the molecule is [CH]=CCN1C=NCC1. The van der Waals surface area contributed by atoms with E-state index in [1.54, 1.807) is 6.08 Å². The predicted molar refractivity (Wildman–Crippen MR) is 33.8 cm³/mol. The molecule has 1 radical (unpaired) electrons. The highest BCUT2D eigenvalue weighted by molar-refractivity contribution is 5.57. The van der Waals surface area contributed by atoms with Gasteiger partial charge in [-0.2, -0.15) is 0 Å². The predicted octanol–water partition coefficient (Wildman–Crippen LogP) is 0.319. The molecular weight excluding hydrogens is 100 g/mol. The van der Waals surface area contributed by atoms with Crippen molar-refractivity contribution in [2.75, 3.05) is 19.6 Å². The van der Waals surface area contributed by atoms with Crippen molar-refractivity contribution in [3.05, 3.63) is 12.7 Å². The standard InChI is InChI=1S/C6H9N2/c1-2-4-8-5-3-7-6-8/h1-2,6H,3-5H2. The fourth-order valence-corrected chi connectivity index (χ4v) is 0.691. The van der Waals surface area contributed by atoms with Gasteiger partial charge in [0.25, 0.3) is 0 Å². The first-order chi connectivity index (χ1) is 3.93. The normalized spacial score (nSPS) is 17.2.